The molecular weight excluding hydrogens is 328 g/mol. The molecule has 0 bridgehead atoms. The van der Waals surface area contributed by atoms with Gasteiger partial charge in [-0.1, -0.05) is 36.4 Å². The molecule has 0 atom stereocenters. The molecule has 3 rings (SSSR count). The van der Waals surface area contributed by atoms with Gasteiger partial charge < -0.3 is 10.1 Å². The smallest absolute Gasteiger partial charge is 0.387 e. The molecule has 7 heteroatoms. The summed E-state index contributed by atoms with van der Waals surface area (Å²) in [5.41, 5.74) is 1.29. The number of ether oxygens (including phenoxy) is 1. The molecule has 0 aliphatic heterocycles. The number of nitrogens with zero attached hydrogens (tertiary/aromatic N) is 2. The Labute approximate surface area is 142 Å². The minimum absolute atomic E-state index is 0.0720. The SMILES string of the molecule is O=C(Nc1ccn(Cc2ccccc2)n1)c1cccc(OC(F)F)c1. The number of anilines is 1. The van der Waals surface area contributed by atoms with Crippen LogP contribution in [0.5, 0.6) is 5.75 Å². The first-order chi connectivity index (χ1) is 12.1. The Morgan fingerprint density at radius 1 is 1.12 bits per heavy atom. The Morgan fingerprint density at radius 3 is 2.68 bits per heavy atom. The Bertz CT molecular complexity index is 850. The van der Waals surface area contributed by atoms with Crippen molar-refractivity contribution in [3.8, 4) is 5.75 Å². The Balaban J connectivity index is 1.65. The summed E-state index contributed by atoms with van der Waals surface area (Å²) in [6.07, 6.45) is 1.75. The third-order valence-corrected chi connectivity index (χ3v) is 3.39. The molecule has 0 fully saturated rings. The van der Waals surface area contributed by atoms with Gasteiger partial charge in [0.2, 0.25) is 0 Å². The van der Waals surface area contributed by atoms with Gasteiger partial charge in [-0.05, 0) is 23.8 Å². The average molecular weight is 343 g/mol. The summed E-state index contributed by atoms with van der Waals surface area (Å²) >= 11 is 0. The number of hydrogen-bond donors (Lipinski definition) is 1. The van der Waals surface area contributed by atoms with E-state index in [1.54, 1.807) is 16.9 Å². The van der Waals surface area contributed by atoms with E-state index in [1.165, 1.54) is 24.3 Å². The number of rotatable bonds is 6. The highest BCUT2D eigenvalue weighted by atomic mass is 19.3. The van der Waals surface area contributed by atoms with E-state index in [0.717, 1.165) is 5.56 Å². The van der Waals surface area contributed by atoms with Crippen LogP contribution in [0.15, 0.2) is 66.9 Å². The van der Waals surface area contributed by atoms with Crippen LogP contribution in [0, 0.1) is 0 Å². The Morgan fingerprint density at radius 2 is 1.92 bits per heavy atom. The topological polar surface area (TPSA) is 56.2 Å². The van der Waals surface area contributed by atoms with Crippen LogP contribution in [0.4, 0.5) is 14.6 Å². The molecule has 0 spiro atoms. The molecule has 0 radical (unpaired) electrons. The molecule has 1 amide bonds. The lowest BCUT2D eigenvalue weighted by Crippen LogP contribution is -2.13. The highest BCUT2D eigenvalue weighted by Gasteiger charge is 2.11. The van der Waals surface area contributed by atoms with Crippen molar-refractivity contribution in [3.63, 3.8) is 0 Å². The van der Waals surface area contributed by atoms with E-state index < -0.39 is 12.5 Å². The zero-order valence-corrected chi connectivity index (χ0v) is 13.1. The van der Waals surface area contributed by atoms with Crippen LogP contribution in [0.3, 0.4) is 0 Å². The first-order valence-electron chi connectivity index (χ1n) is 7.54. The van der Waals surface area contributed by atoms with Crippen molar-refractivity contribution in [3.05, 3.63) is 78.0 Å². The quantitative estimate of drug-likeness (QED) is 0.741. The third kappa shape index (κ3) is 4.63. The zero-order valence-electron chi connectivity index (χ0n) is 13.1. The van der Waals surface area contributed by atoms with Crippen molar-refractivity contribution >= 4 is 11.7 Å². The molecule has 2 aromatic carbocycles. The number of halogens is 2. The zero-order chi connectivity index (χ0) is 17.6. The minimum Gasteiger partial charge on any atom is -0.435 e. The fraction of sp³-hybridized carbons (Fsp3) is 0.111. The highest BCUT2D eigenvalue weighted by molar-refractivity contribution is 6.03. The van der Waals surface area contributed by atoms with Gasteiger partial charge in [0, 0.05) is 17.8 Å². The van der Waals surface area contributed by atoms with Gasteiger partial charge in [0.05, 0.1) is 6.54 Å². The maximum atomic E-state index is 12.2. The van der Waals surface area contributed by atoms with Crippen molar-refractivity contribution in [1.82, 2.24) is 9.78 Å². The second-order valence-electron chi connectivity index (χ2n) is 5.24. The largest absolute Gasteiger partial charge is 0.435 e. The summed E-state index contributed by atoms with van der Waals surface area (Å²) in [4.78, 5) is 12.2. The van der Waals surface area contributed by atoms with Gasteiger partial charge in [-0.2, -0.15) is 13.9 Å². The minimum atomic E-state index is -2.94. The van der Waals surface area contributed by atoms with E-state index in [9.17, 15) is 13.6 Å². The van der Waals surface area contributed by atoms with Crippen LogP contribution in [-0.4, -0.2) is 22.3 Å². The number of aromatic nitrogens is 2. The number of hydrogen-bond acceptors (Lipinski definition) is 3. The van der Waals surface area contributed by atoms with Gasteiger partial charge >= 0.3 is 6.61 Å². The van der Waals surface area contributed by atoms with Crippen LogP contribution >= 0.6 is 0 Å². The maximum absolute atomic E-state index is 12.2. The number of nitrogens with one attached hydrogen (secondary N) is 1. The van der Waals surface area contributed by atoms with Gasteiger partial charge in [-0.25, -0.2) is 0 Å². The molecule has 3 aromatic rings. The van der Waals surface area contributed by atoms with Crippen LogP contribution in [0.25, 0.3) is 0 Å². The number of benzene rings is 2. The van der Waals surface area contributed by atoms with Gasteiger partial charge in [-0.15, -0.1) is 0 Å². The standard InChI is InChI=1S/C18H15F2N3O2/c19-18(20)25-15-8-4-7-14(11-15)17(24)21-16-9-10-23(22-16)12-13-5-2-1-3-6-13/h1-11,18H,12H2,(H,21,22,24). The summed E-state index contributed by atoms with van der Waals surface area (Å²) in [6, 6.07) is 17.0. The molecule has 1 heterocycles. The lowest BCUT2D eigenvalue weighted by atomic mass is 10.2. The number of alkyl halides is 2. The Kier molecular flexibility index (Phi) is 5.03. The normalized spacial score (nSPS) is 10.7. The van der Waals surface area contributed by atoms with Crippen molar-refractivity contribution in [1.29, 1.82) is 0 Å². The molecule has 1 aromatic heterocycles. The summed E-state index contributed by atoms with van der Waals surface area (Å²) in [7, 11) is 0. The molecule has 5 nitrogen and oxygen atoms in total. The predicted molar refractivity (Wildman–Crippen MR) is 88.8 cm³/mol. The van der Waals surface area contributed by atoms with Crippen molar-refractivity contribution in [2.45, 2.75) is 13.2 Å². The molecule has 0 aliphatic carbocycles. The second-order valence-corrected chi connectivity index (χ2v) is 5.24. The molecule has 0 aliphatic rings. The predicted octanol–water partition coefficient (Wildman–Crippen LogP) is 3.79. The molecule has 25 heavy (non-hydrogen) atoms. The fourth-order valence-corrected chi connectivity index (χ4v) is 2.29. The van der Waals surface area contributed by atoms with Crippen LogP contribution in [0.1, 0.15) is 15.9 Å². The van der Waals surface area contributed by atoms with E-state index in [0.29, 0.717) is 12.4 Å². The highest BCUT2D eigenvalue weighted by Crippen LogP contribution is 2.17. The average Bonchev–Trinajstić information content (AvgIpc) is 3.02. The van der Waals surface area contributed by atoms with E-state index >= 15 is 0 Å². The van der Waals surface area contributed by atoms with Gasteiger partial charge in [0.15, 0.2) is 5.82 Å². The molecule has 0 saturated carbocycles. The van der Waals surface area contributed by atoms with Crippen LogP contribution in [-0.2, 0) is 6.54 Å². The fourth-order valence-electron chi connectivity index (χ4n) is 2.29. The number of carbonyl (C=O) groups is 1. The maximum Gasteiger partial charge on any atom is 0.387 e. The first kappa shape index (κ1) is 16.6. The first-order valence-corrected chi connectivity index (χ1v) is 7.54. The third-order valence-electron chi connectivity index (χ3n) is 3.39. The summed E-state index contributed by atoms with van der Waals surface area (Å²) < 4.78 is 30.5. The van der Waals surface area contributed by atoms with Gasteiger partial charge in [0.25, 0.3) is 5.91 Å². The number of amides is 1. The molecule has 0 unspecified atom stereocenters. The van der Waals surface area contributed by atoms with Gasteiger partial charge in [-0.3, -0.25) is 9.48 Å². The monoisotopic (exact) mass is 343 g/mol. The van der Waals surface area contributed by atoms with E-state index in [4.69, 9.17) is 0 Å². The van der Waals surface area contributed by atoms with Crippen molar-refractivity contribution < 1.29 is 18.3 Å². The van der Waals surface area contributed by atoms with Gasteiger partial charge in [0.1, 0.15) is 5.75 Å². The van der Waals surface area contributed by atoms with Crippen molar-refractivity contribution in [2.75, 3.05) is 5.32 Å². The lowest BCUT2D eigenvalue weighted by molar-refractivity contribution is -0.0498. The summed E-state index contributed by atoms with van der Waals surface area (Å²) in [6.45, 7) is -2.36. The van der Waals surface area contributed by atoms with Crippen LogP contribution in [0.2, 0.25) is 0 Å². The molecular formula is C18H15F2N3O2. The molecule has 1 N–H and O–H groups in total. The molecule has 0 saturated heterocycles. The summed E-state index contributed by atoms with van der Waals surface area (Å²) in [5, 5.41) is 6.91. The van der Waals surface area contributed by atoms with E-state index in [2.05, 4.69) is 15.2 Å². The molecule has 128 valence electrons. The summed E-state index contributed by atoms with van der Waals surface area (Å²) in [5.74, 6) is -0.150. The van der Waals surface area contributed by atoms with Crippen LogP contribution < -0.4 is 10.1 Å². The van der Waals surface area contributed by atoms with E-state index in [-0.39, 0.29) is 11.3 Å². The van der Waals surface area contributed by atoms with E-state index in [1.807, 2.05) is 30.3 Å². The van der Waals surface area contributed by atoms with Crippen molar-refractivity contribution in [2.24, 2.45) is 0 Å². The number of carbonyl (C=O) groups excluding carboxylic acids is 1. The lowest BCUT2D eigenvalue weighted by Gasteiger charge is -2.06. The second kappa shape index (κ2) is 7.57. The Hall–Kier alpha value is -3.22.